The molecule has 3 N–H and O–H groups in total. The van der Waals surface area contributed by atoms with Gasteiger partial charge in [0.15, 0.2) is 0 Å². The number of anilines is 1. The molecule has 20 heavy (non-hydrogen) atoms. The van der Waals surface area contributed by atoms with E-state index in [0.717, 1.165) is 5.56 Å². The SMILES string of the molecule is O=C(CCc1ccccc1O)Nc1cnccc1CO. The van der Waals surface area contributed by atoms with E-state index in [-0.39, 0.29) is 24.7 Å². The molecule has 0 radical (unpaired) electrons. The smallest absolute Gasteiger partial charge is 0.224 e. The molecule has 0 aliphatic rings. The monoisotopic (exact) mass is 272 g/mol. The molecule has 0 saturated carbocycles. The molecule has 0 aliphatic carbocycles. The number of aromatic nitrogens is 1. The summed E-state index contributed by atoms with van der Waals surface area (Å²) in [6.45, 7) is -0.155. The minimum absolute atomic E-state index is 0.155. The number of hydrogen-bond donors (Lipinski definition) is 3. The van der Waals surface area contributed by atoms with Gasteiger partial charge in [-0.2, -0.15) is 0 Å². The van der Waals surface area contributed by atoms with Crippen molar-refractivity contribution in [2.75, 3.05) is 5.32 Å². The molecule has 0 fully saturated rings. The molecule has 0 bridgehead atoms. The fraction of sp³-hybridized carbons (Fsp3) is 0.200. The lowest BCUT2D eigenvalue weighted by atomic mass is 10.1. The van der Waals surface area contributed by atoms with Crippen LogP contribution in [0.1, 0.15) is 17.5 Å². The Labute approximate surface area is 116 Å². The number of aromatic hydroxyl groups is 1. The lowest BCUT2D eigenvalue weighted by Crippen LogP contribution is -2.14. The van der Waals surface area contributed by atoms with Gasteiger partial charge in [-0.3, -0.25) is 9.78 Å². The largest absolute Gasteiger partial charge is 0.508 e. The summed E-state index contributed by atoms with van der Waals surface area (Å²) in [6, 6.07) is 8.59. The predicted octanol–water partition coefficient (Wildman–Crippen LogP) is 1.85. The summed E-state index contributed by atoms with van der Waals surface area (Å²) in [5.74, 6) is 0.00804. The van der Waals surface area contributed by atoms with Crippen molar-refractivity contribution in [1.29, 1.82) is 0 Å². The Bertz CT molecular complexity index is 599. The minimum Gasteiger partial charge on any atom is -0.508 e. The van der Waals surface area contributed by atoms with E-state index in [1.807, 2.05) is 6.07 Å². The average molecular weight is 272 g/mol. The zero-order valence-corrected chi connectivity index (χ0v) is 10.9. The predicted molar refractivity (Wildman–Crippen MR) is 75.2 cm³/mol. The van der Waals surface area contributed by atoms with Gasteiger partial charge < -0.3 is 15.5 Å². The van der Waals surface area contributed by atoms with Crippen molar-refractivity contribution in [3.63, 3.8) is 0 Å². The van der Waals surface area contributed by atoms with Gasteiger partial charge in [-0.05, 0) is 24.1 Å². The first-order valence-electron chi connectivity index (χ1n) is 6.31. The summed E-state index contributed by atoms with van der Waals surface area (Å²) in [5, 5.41) is 21.5. The number of pyridine rings is 1. The molecule has 1 amide bonds. The van der Waals surface area contributed by atoms with Gasteiger partial charge in [-0.25, -0.2) is 0 Å². The summed E-state index contributed by atoms with van der Waals surface area (Å²) in [4.78, 5) is 15.8. The Morgan fingerprint density at radius 3 is 2.75 bits per heavy atom. The summed E-state index contributed by atoms with van der Waals surface area (Å²) in [7, 11) is 0. The third kappa shape index (κ3) is 3.55. The zero-order chi connectivity index (χ0) is 14.4. The van der Waals surface area contributed by atoms with Crippen LogP contribution in [0.3, 0.4) is 0 Å². The van der Waals surface area contributed by atoms with Gasteiger partial charge in [0.2, 0.25) is 5.91 Å². The van der Waals surface area contributed by atoms with E-state index in [9.17, 15) is 9.90 Å². The Balaban J connectivity index is 1.95. The number of hydrogen-bond acceptors (Lipinski definition) is 4. The Morgan fingerprint density at radius 2 is 2.00 bits per heavy atom. The fourth-order valence-electron chi connectivity index (χ4n) is 1.86. The van der Waals surface area contributed by atoms with Crippen LogP contribution in [-0.4, -0.2) is 21.1 Å². The second-order valence-electron chi connectivity index (χ2n) is 4.37. The number of carbonyl (C=O) groups excluding carboxylic acids is 1. The van der Waals surface area contributed by atoms with Gasteiger partial charge in [-0.1, -0.05) is 18.2 Å². The second-order valence-corrected chi connectivity index (χ2v) is 4.37. The van der Waals surface area contributed by atoms with Crippen LogP contribution < -0.4 is 5.32 Å². The molecule has 0 saturated heterocycles. The van der Waals surface area contributed by atoms with Crippen LogP contribution in [0.2, 0.25) is 0 Å². The standard InChI is InChI=1S/C15H16N2O3/c18-10-12-7-8-16-9-13(12)17-15(20)6-5-11-3-1-2-4-14(11)19/h1-4,7-9,18-19H,5-6,10H2,(H,17,20). The van der Waals surface area contributed by atoms with E-state index in [4.69, 9.17) is 5.11 Å². The zero-order valence-electron chi connectivity index (χ0n) is 10.9. The average Bonchev–Trinajstić information content (AvgIpc) is 2.47. The van der Waals surface area contributed by atoms with Crippen LogP contribution in [0.25, 0.3) is 0 Å². The number of benzene rings is 1. The number of aryl methyl sites for hydroxylation is 1. The summed E-state index contributed by atoms with van der Waals surface area (Å²) >= 11 is 0. The highest BCUT2D eigenvalue weighted by molar-refractivity contribution is 5.91. The molecule has 1 aromatic carbocycles. The highest BCUT2D eigenvalue weighted by Gasteiger charge is 2.08. The number of para-hydroxylation sites is 1. The number of carbonyl (C=O) groups is 1. The second kappa shape index (κ2) is 6.68. The molecule has 0 aliphatic heterocycles. The molecule has 1 aromatic heterocycles. The van der Waals surface area contributed by atoms with E-state index >= 15 is 0 Å². The molecule has 0 unspecified atom stereocenters. The first-order chi connectivity index (χ1) is 9.70. The van der Waals surface area contributed by atoms with Gasteiger partial charge in [-0.15, -0.1) is 0 Å². The van der Waals surface area contributed by atoms with Crippen molar-refractivity contribution in [3.8, 4) is 5.75 Å². The van der Waals surface area contributed by atoms with Gasteiger partial charge >= 0.3 is 0 Å². The molecular weight excluding hydrogens is 256 g/mol. The van der Waals surface area contributed by atoms with Crippen molar-refractivity contribution in [2.45, 2.75) is 19.4 Å². The highest BCUT2D eigenvalue weighted by Crippen LogP contribution is 2.18. The molecular formula is C15H16N2O3. The molecule has 2 rings (SSSR count). The summed E-state index contributed by atoms with van der Waals surface area (Å²) < 4.78 is 0. The molecule has 0 atom stereocenters. The molecule has 5 nitrogen and oxygen atoms in total. The van der Waals surface area contributed by atoms with Crippen LogP contribution in [0.15, 0.2) is 42.7 Å². The van der Waals surface area contributed by atoms with Gasteiger partial charge in [0.05, 0.1) is 18.5 Å². The number of aliphatic hydroxyl groups is 1. The van der Waals surface area contributed by atoms with E-state index < -0.39 is 0 Å². The maximum atomic E-state index is 11.9. The van der Waals surface area contributed by atoms with Crippen molar-refractivity contribution in [1.82, 2.24) is 4.98 Å². The number of amides is 1. The van der Waals surface area contributed by atoms with Crippen molar-refractivity contribution in [3.05, 3.63) is 53.9 Å². The van der Waals surface area contributed by atoms with Gasteiger partial charge in [0, 0.05) is 18.2 Å². The van der Waals surface area contributed by atoms with E-state index in [1.54, 1.807) is 30.5 Å². The van der Waals surface area contributed by atoms with E-state index in [2.05, 4.69) is 10.3 Å². The van der Waals surface area contributed by atoms with Gasteiger partial charge in [0.1, 0.15) is 5.75 Å². The third-order valence-corrected chi connectivity index (χ3v) is 2.97. The lowest BCUT2D eigenvalue weighted by molar-refractivity contribution is -0.116. The first-order valence-corrected chi connectivity index (χ1v) is 6.31. The Hall–Kier alpha value is -2.40. The number of phenolic OH excluding ortho intramolecular Hbond substituents is 1. The van der Waals surface area contributed by atoms with E-state index in [0.29, 0.717) is 17.7 Å². The number of nitrogens with one attached hydrogen (secondary N) is 1. The maximum absolute atomic E-state index is 11.9. The number of nitrogens with zero attached hydrogens (tertiary/aromatic N) is 1. The van der Waals surface area contributed by atoms with Crippen LogP contribution in [0.5, 0.6) is 5.75 Å². The van der Waals surface area contributed by atoms with Crippen molar-refractivity contribution < 1.29 is 15.0 Å². The Kier molecular flexibility index (Phi) is 4.68. The lowest BCUT2D eigenvalue weighted by Gasteiger charge is -2.09. The Morgan fingerprint density at radius 1 is 1.20 bits per heavy atom. The minimum atomic E-state index is -0.184. The molecule has 104 valence electrons. The number of phenols is 1. The quantitative estimate of drug-likeness (QED) is 0.775. The summed E-state index contributed by atoms with van der Waals surface area (Å²) in [5.41, 5.74) is 1.87. The van der Waals surface area contributed by atoms with Crippen LogP contribution in [-0.2, 0) is 17.8 Å². The number of rotatable bonds is 5. The third-order valence-electron chi connectivity index (χ3n) is 2.97. The maximum Gasteiger partial charge on any atom is 0.224 e. The van der Waals surface area contributed by atoms with Gasteiger partial charge in [0.25, 0.3) is 0 Å². The van der Waals surface area contributed by atoms with Crippen molar-refractivity contribution >= 4 is 11.6 Å². The number of aliphatic hydroxyl groups excluding tert-OH is 1. The van der Waals surface area contributed by atoms with Crippen LogP contribution in [0.4, 0.5) is 5.69 Å². The van der Waals surface area contributed by atoms with Crippen molar-refractivity contribution in [2.24, 2.45) is 0 Å². The van der Waals surface area contributed by atoms with E-state index in [1.165, 1.54) is 6.20 Å². The fourth-order valence-corrected chi connectivity index (χ4v) is 1.86. The molecule has 1 heterocycles. The normalized spacial score (nSPS) is 10.2. The van der Waals surface area contributed by atoms with Crippen LogP contribution >= 0.6 is 0 Å². The highest BCUT2D eigenvalue weighted by atomic mass is 16.3. The topological polar surface area (TPSA) is 82.5 Å². The summed E-state index contributed by atoms with van der Waals surface area (Å²) in [6.07, 6.45) is 3.76. The van der Waals surface area contributed by atoms with Crippen LogP contribution in [0, 0.1) is 0 Å². The first kappa shape index (κ1) is 14.0. The molecule has 0 spiro atoms. The molecule has 5 heteroatoms. The molecule has 2 aromatic rings.